The Balaban J connectivity index is 1.24. The van der Waals surface area contributed by atoms with Crippen LogP contribution in [0.4, 0.5) is 16.1 Å². The highest BCUT2D eigenvalue weighted by Gasteiger charge is 2.37. The Bertz CT molecular complexity index is 1340. The summed E-state index contributed by atoms with van der Waals surface area (Å²) in [5.41, 5.74) is 1.07. The third-order valence-electron chi connectivity index (χ3n) is 7.61. The fraction of sp³-hybridized carbons (Fsp3) is 0.464. The van der Waals surface area contributed by atoms with Gasteiger partial charge in [-0.3, -0.25) is 9.59 Å². The number of likely N-dealkylation sites (tertiary alicyclic amines) is 1. The number of carboxylic acid groups (broad SMARTS) is 1. The van der Waals surface area contributed by atoms with Gasteiger partial charge in [-0.2, -0.15) is 4.98 Å². The standard InChI is InChI=1S/C28H31ClFN3O6/c1-37-20-13-18(15-38-19-9-6-16(7-10-19)27(35)36)33(14-20)24(34)12-17-8-11-23-26(25(17)30)39-28(32-23)31-22-5-3-2-4-21(22)29/h2-5,8,11,16,18-20H,6-7,9-10,12-15H2,1H3,(H,31,32)(H,35,36)/t16?,18-,19?,20?/m0/s1. The van der Waals surface area contributed by atoms with E-state index in [2.05, 4.69) is 10.3 Å². The van der Waals surface area contributed by atoms with Gasteiger partial charge in [-0.1, -0.05) is 29.8 Å². The minimum absolute atomic E-state index is 0.0287. The fourth-order valence-corrected chi connectivity index (χ4v) is 5.55. The monoisotopic (exact) mass is 559 g/mol. The van der Waals surface area contributed by atoms with Crippen LogP contribution in [0.2, 0.25) is 5.02 Å². The zero-order chi connectivity index (χ0) is 27.5. The maximum absolute atomic E-state index is 15.4. The van der Waals surface area contributed by atoms with Gasteiger partial charge >= 0.3 is 5.97 Å². The molecule has 3 aromatic rings. The molecule has 1 saturated heterocycles. The molecule has 1 amide bonds. The number of carboxylic acids is 1. The first kappa shape index (κ1) is 27.4. The number of anilines is 2. The lowest BCUT2D eigenvalue weighted by Crippen LogP contribution is -2.40. The summed E-state index contributed by atoms with van der Waals surface area (Å²) in [7, 11) is 1.61. The minimum Gasteiger partial charge on any atom is -0.481 e. The molecule has 11 heteroatoms. The van der Waals surface area contributed by atoms with Crippen LogP contribution in [0, 0.1) is 11.7 Å². The number of hydrogen-bond acceptors (Lipinski definition) is 7. The molecule has 208 valence electrons. The third kappa shape index (κ3) is 6.18. The van der Waals surface area contributed by atoms with Crippen LogP contribution in [0.3, 0.4) is 0 Å². The lowest BCUT2D eigenvalue weighted by Gasteiger charge is -2.29. The fourth-order valence-electron chi connectivity index (χ4n) is 5.36. The van der Waals surface area contributed by atoms with Crippen molar-refractivity contribution >= 4 is 46.3 Å². The number of aliphatic carboxylic acids is 1. The second-order valence-corrected chi connectivity index (χ2v) is 10.5. The van der Waals surface area contributed by atoms with Crippen molar-refractivity contribution in [2.75, 3.05) is 25.6 Å². The Hall–Kier alpha value is -3.21. The Kier molecular flexibility index (Phi) is 8.34. The van der Waals surface area contributed by atoms with Crippen LogP contribution in [0.25, 0.3) is 11.1 Å². The van der Waals surface area contributed by atoms with E-state index < -0.39 is 11.8 Å². The molecule has 39 heavy (non-hydrogen) atoms. The van der Waals surface area contributed by atoms with Crippen molar-refractivity contribution in [1.82, 2.24) is 9.88 Å². The normalized spacial score (nSPS) is 23.3. The van der Waals surface area contributed by atoms with E-state index in [1.165, 1.54) is 0 Å². The smallest absolute Gasteiger partial charge is 0.306 e. The average molecular weight is 560 g/mol. The first-order chi connectivity index (χ1) is 18.8. The van der Waals surface area contributed by atoms with Crippen LogP contribution in [-0.4, -0.2) is 65.4 Å². The van der Waals surface area contributed by atoms with Gasteiger partial charge in [-0.05, 0) is 50.3 Å². The summed E-state index contributed by atoms with van der Waals surface area (Å²) in [6.07, 6.45) is 2.85. The third-order valence-corrected chi connectivity index (χ3v) is 7.94. The first-order valence-electron chi connectivity index (χ1n) is 13.1. The summed E-state index contributed by atoms with van der Waals surface area (Å²) in [4.78, 5) is 30.5. The van der Waals surface area contributed by atoms with Crippen molar-refractivity contribution < 1.29 is 33.0 Å². The molecule has 1 unspecified atom stereocenters. The van der Waals surface area contributed by atoms with Crippen molar-refractivity contribution in [3.05, 3.63) is 52.8 Å². The topological polar surface area (TPSA) is 114 Å². The molecule has 2 aromatic carbocycles. The number of rotatable bonds is 9. The van der Waals surface area contributed by atoms with E-state index in [0.29, 0.717) is 61.5 Å². The predicted octanol–water partition coefficient (Wildman–Crippen LogP) is 5.18. The maximum Gasteiger partial charge on any atom is 0.306 e. The molecule has 2 aliphatic rings. The molecule has 1 saturated carbocycles. The van der Waals surface area contributed by atoms with Crippen molar-refractivity contribution in [2.45, 2.75) is 56.8 Å². The van der Waals surface area contributed by atoms with Gasteiger partial charge < -0.3 is 29.2 Å². The molecule has 2 fully saturated rings. The number of methoxy groups -OCH3 is 1. The van der Waals surface area contributed by atoms with Crippen molar-refractivity contribution in [1.29, 1.82) is 0 Å². The molecular formula is C28H31ClFN3O6. The van der Waals surface area contributed by atoms with E-state index in [1.807, 2.05) is 0 Å². The summed E-state index contributed by atoms with van der Waals surface area (Å²) in [6.45, 7) is 0.724. The zero-order valence-corrected chi connectivity index (χ0v) is 22.3. The van der Waals surface area contributed by atoms with Gasteiger partial charge in [-0.15, -0.1) is 0 Å². The van der Waals surface area contributed by atoms with E-state index >= 15 is 4.39 Å². The number of fused-ring (bicyclic) bond motifs is 1. The van der Waals surface area contributed by atoms with Crippen molar-refractivity contribution in [3.8, 4) is 0 Å². The second kappa shape index (κ2) is 11.9. The summed E-state index contributed by atoms with van der Waals surface area (Å²) < 4.78 is 32.7. The lowest BCUT2D eigenvalue weighted by molar-refractivity contribution is -0.144. The molecule has 0 spiro atoms. The number of oxazole rings is 1. The highest BCUT2D eigenvalue weighted by molar-refractivity contribution is 6.33. The van der Waals surface area contributed by atoms with Gasteiger partial charge in [-0.25, -0.2) is 4.39 Å². The average Bonchev–Trinajstić information content (AvgIpc) is 3.55. The molecule has 2 heterocycles. The number of hydrogen-bond donors (Lipinski definition) is 2. The van der Waals surface area contributed by atoms with E-state index in [1.54, 1.807) is 48.4 Å². The van der Waals surface area contributed by atoms with Crippen LogP contribution in [0.1, 0.15) is 37.7 Å². The highest BCUT2D eigenvalue weighted by atomic mass is 35.5. The summed E-state index contributed by atoms with van der Waals surface area (Å²) >= 11 is 6.18. The van der Waals surface area contributed by atoms with Crippen LogP contribution < -0.4 is 5.32 Å². The van der Waals surface area contributed by atoms with Crippen LogP contribution in [0.5, 0.6) is 0 Å². The molecule has 0 bridgehead atoms. The van der Waals surface area contributed by atoms with Crippen molar-refractivity contribution in [2.24, 2.45) is 5.92 Å². The SMILES string of the molecule is COC1C[C@@H](COC2CCC(C(=O)O)CC2)N(C(=O)Cc2ccc3nc(Nc4ccccc4Cl)oc3c2F)C1. The number of nitrogens with one attached hydrogen (secondary N) is 1. The number of nitrogens with zero attached hydrogens (tertiary/aromatic N) is 2. The number of amides is 1. The van der Waals surface area contributed by atoms with E-state index in [4.69, 9.17) is 25.5 Å². The number of carbonyl (C=O) groups excluding carboxylic acids is 1. The second-order valence-electron chi connectivity index (χ2n) is 10.1. The molecule has 2 N–H and O–H groups in total. The number of halogens is 2. The summed E-state index contributed by atoms with van der Waals surface area (Å²) in [5, 5.41) is 12.6. The van der Waals surface area contributed by atoms with Crippen molar-refractivity contribution in [3.63, 3.8) is 0 Å². The van der Waals surface area contributed by atoms with E-state index in [9.17, 15) is 14.7 Å². The van der Waals surface area contributed by atoms with Gasteiger partial charge in [0.1, 0.15) is 5.52 Å². The Morgan fingerprint density at radius 2 is 1.95 bits per heavy atom. The zero-order valence-electron chi connectivity index (χ0n) is 21.6. The Labute approximate surface area is 230 Å². The minimum atomic E-state index is -0.757. The number of benzene rings is 2. The molecule has 5 rings (SSSR count). The highest BCUT2D eigenvalue weighted by Crippen LogP contribution is 2.31. The number of ether oxygens (including phenoxy) is 2. The largest absolute Gasteiger partial charge is 0.481 e. The molecule has 9 nitrogen and oxygen atoms in total. The van der Waals surface area contributed by atoms with Gasteiger partial charge in [0.2, 0.25) is 5.91 Å². The lowest BCUT2D eigenvalue weighted by atomic mass is 9.87. The number of para-hydroxylation sites is 1. The quantitative estimate of drug-likeness (QED) is 0.368. The van der Waals surface area contributed by atoms with Gasteiger partial charge in [0.05, 0.1) is 47.9 Å². The van der Waals surface area contributed by atoms with Gasteiger partial charge in [0.15, 0.2) is 11.4 Å². The Morgan fingerprint density at radius 1 is 1.18 bits per heavy atom. The van der Waals surface area contributed by atoms with Crippen LogP contribution in [0.15, 0.2) is 40.8 Å². The molecule has 2 atom stereocenters. The molecular weight excluding hydrogens is 529 g/mol. The predicted molar refractivity (Wildman–Crippen MR) is 143 cm³/mol. The molecule has 0 radical (unpaired) electrons. The molecule has 1 aliphatic carbocycles. The molecule has 1 aliphatic heterocycles. The van der Waals surface area contributed by atoms with Gasteiger partial charge in [0, 0.05) is 19.2 Å². The number of carbonyl (C=O) groups is 2. The number of aromatic nitrogens is 1. The summed E-state index contributed by atoms with van der Waals surface area (Å²) in [5.74, 6) is -1.93. The van der Waals surface area contributed by atoms with E-state index in [0.717, 1.165) is 0 Å². The summed E-state index contributed by atoms with van der Waals surface area (Å²) in [6, 6.07) is 10.1. The Morgan fingerprint density at radius 3 is 2.67 bits per heavy atom. The van der Waals surface area contributed by atoms with Gasteiger partial charge in [0.25, 0.3) is 6.01 Å². The first-order valence-corrected chi connectivity index (χ1v) is 13.5. The molecule has 1 aromatic heterocycles. The van der Waals surface area contributed by atoms with E-state index in [-0.39, 0.29) is 53.7 Å². The van der Waals surface area contributed by atoms with Crippen LogP contribution >= 0.6 is 11.6 Å². The van der Waals surface area contributed by atoms with Crippen LogP contribution in [-0.2, 0) is 25.5 Å². The maximum atomic E-state index is 15.4.